The van der Waals surface area contributed by atoms with Crippen LogP contribution in [0.3, 0.4) is 0 Å². The second-order valence-electron chi connectivity index (χ2n) is 2.41. The molecular formula is C8H4Cl2F2N2. The van der Waals surface area contributed by atoms with Gasteiger partial charge in [0.25, 0.3) is 6.43 Å². The Morgan fingerprint density at radius 1 is 1.57 bits per heavy atom. The summed E-state index contributed by atoms with van der Waals surface area (Å²) in [6.45, 7) is 0. The molecule has 0 amide bonds. The summed E-state index contributed by atoms with van der Waals surface area (Å²) in [7, 11) is 0. The highest BCUT2D eigenvalue weighted by atomic mass is 35.5. The molecule has 0 aliphatic carbocycles. The molecule has 14 heavy (non-hydrogen) atoms. The summed E-state index contributed by atoms with van der Waals surface area (Å²) in [6.07, 6.45) is -1.63. The molecule has 74 valence electrons. The van der Waals surface area contributed by atoms with Gasteiger partial charge in [-0.2, -0.15) is 5.26 Å². The molecule has 0 aliphatic heterocycles. The van der Waals surface area contributed by atoms with E-state index in [0.717, 1.165) is 6.20 Å². The third kappa shape index (κ3) is 1.94. The van der Waals surface area contributed by atoms with Crippen molar-refractivity contribution in [1.82, 2.24) is 4.98 Å². The monoisotopic (exact) mass is 236 g/mol. The maximum absolute atomic E-state index is 12.5. The van der Waals surface area contributed by atoms with E-state index < -0.39 is 12.0 Å². The number of rotatable bonds is 2. The van der Waals surface area contributed by atoms with Crippen LogP contribution >= 0.6 is 23.2 Å². The van der Waals surface area contributed by atoms with Gasteiger partial charge >= 0.3 is 0 Å². The van der Waals surface area contributed by atoms with Gasteiger partial charge in [-0.1, -0.05) is 11.6 Å². The number of nitriles is 1. The average Bonchev–Trinajstić information content (AvgIpc) is 2.17. The van der Waals surface area contributed by atoms with Crippen LogP contribution in [-0.4, -0.2) is 4.98 Å². The fourth-order valence-corrected chi connectivity index (χ4v) is 1.41. The molecule has 0 bridgehead atoms. The summed E-state index contributed by atoms with van der Waals surface area (Å²) in [5, 5.41) is 8.39. The highest BCUT2D eigenvalue weighted by Gasteiger charge is 2.20. The Kier molecular flexibility index (Phi) is 3.62. The Hall–Kier alpha value is -0.920. The lowest BCUT2D eigenvalue weighted by Gasteiger charge is -2.08. The van der Waals surface area contributed by atoms with E-state index in [0.29, 0.717) is 0 Å². The minimum absolute atomic E-state index is 0.126. The Balaban J connectivity index is 3.46. The molecule has 0 saturated heterocycles. The largest absolute Gasteiger partial charge is 0.265 e. The van der Waals surface area contributed by atoms with Gasteiger partial charge < -0.3 is 0 Å². The highest BCUT2D eigenvalue weighted by molar-refractivity contribution is 6.30. The molecular weight excluding hydrogens is 233 g/mol. The standard InChI is InChI=1S/C8H4Cl2F2N2/c9-1-4-3-14-7(10)5(2-13)6(4)8(11)12/h3,8H,1H2. The van der Waals surface area contributed by atoms with Crippen LogP contribution in [-0.2, 0) is 5.88 Å². The second kappa shape index (κ2) is 4.54. The fourth-order valence-electron chi connectivity index (χ4n) is 1.00. The van der Waals surface area contributed by atoms with E-state index >= 15 is 0 Å². The van der Waals surface area contributed by atoms with Crippen molar-refractivity contribution in [1.29, 1.82) is 5.26 Å². The first-order valence-corrected chi connectivity index (χ1v) is 4.44. The molecule has 0 N–H and O–H groups in total. The van der Waals surface area contributed by atoms with Crippen LogP contribution in [0.2, 0.25) is 5.15 Å². The SMILES string of the molecule is N#Cc1c(Cl)ncc(CCl)c1C(F)F. The van der Waals surface area contributed by atoms with Crippen molar-refractivity contribution in [2.75, 3.05) is 0 Å². The number of hydrogen-bond donors (Lipinski definition) is 0. The molecule has 2 nitrogen and oxygen atoms in total. The van der Waals surface area contributed by atoms with E-state index in [9.17, 15) is 8.78 Å². The van der Waals surface area contributed by atoms with E-state index in [1.54, 1.807) is 6.07 Å². The molecule has 0 atom stereocenters. The zero-order chi connectivity index (χ0) is 10.7. The van der Waals surface area contributed by atoms with Crippen LogP contribution < -0.4 is 0 Å². The fraction of sp³-hybridized carbons (Fsp3) is 0.250. The zero-order valence-corrected chi connectivity index (χ0v) is 8.28. The van der Waals surface area contributed by atoms with Crippen LogP contribution in [0.5, 0.6) is 0 Å². The van der Waals surface area contributed by atoms with Crippen molar-refractivity contribution in [3.8, 4) is 6.07 Å². The smallest absolute Gasteiger partial charge is 0.243 e. The summed E-state index contributed by atoms with van der Waals surface area (Å²) in [4.78, 5) is 3.59. The molecule has 1 rings (SSSR count). The summed E-state index contributed by atoms with van der Waals surface area (Å²) < 4.78 is 25.1. The number of nitrogens with zero attached hydrogens (tertiary/aromatic N) is 2. The molecule has 0 spiro atoms. The first-order valence-electron chi connectivity index (χ1n) is 3.53. The van der Waals surface area contributed by atoms with Gasteiger partial charge in [-0.25, -0.2) is 13.8 Å². The predicted octanol–water partition coefficient (Wildman–Crippen LogP) is 3.28. The van der Waals surface area contributed by atoms with E-state index in [1.807, 2.05) is 0 Å². The van der Waals surface area contributed by atoms with Crippen molar-refractivity contribution in [3.05, 3.63) is 28.0 Å². The second-order valence-corrected chi connectivity index (χ2v) is 3.03. The lowest BCUT2D eigenvalue weighted by molar-refractivity contribution is 0.150. The molecule has 1 aromatic rings. The molecule has 0 unspecified atom stereocenters. The molecule has 0 radical (unpaired) electrons. The van der Waals surface area contributed by atoms with Gasteiger partial charge in [-0.05, 0) is 5.56 Å². The maximum Gasteiger partial charge on any atom is 0.265 e. The van der Waals surface area contributed by atoms with Crippen LogP contribution in [0.1, 0.15) is 23.1 Å². The van der Waals surface area contributed by atoms with E-state index in [-0.39, 0.29) is 22.2 Å². The number of alkyl halides is 3. The summed E-state index contributed by atoms with van der Waals surface area (Å²) >= 11 is 10.9. The Bertz CT molecular complexity index is 388. The molecule has 1 aromatic heterocycles. The first-order chi connectivity index (χ1) is 6.61. The van der Waals surface area contributed by atoms with Crippen LogP contribution in [0.25, 0.3) is 0 Å². The van der Waals surface area contributed by atoms with Crippen molar-refractivity contribution in [3.63, 3.8) is 0 Å². The lowest BCUT2D eigenvalue weighted by atomic mass is 10.1. The minimum atomic E-state index is -2.78. The van der Waals surface area contributed by atoms with Crippen LogP contribution in [0.4, 0.5) is 8.78 Å². The molecule has 0 saturated carbocycles. The van der Waals surface area contributed by atoms with E-state index in [2.05, 4.69) is 4.98 Å². The normalized spacial score (nSPS) is 10.3. The van der Waals surface area contributed by atoms with Gasteiger partial charge in [0, 0.05) is 17.6 Å². The lowest BCUT2D eigenvalue weighted by Crippen LogP contribution is -1.99. The van der Waals surface area contributed by atoms with Crippen molar-refractivity contribution in [2.24, 2.45) is 0 Å². The van der Waals surface area contributed by atoms with Crippen LogP contribution in [0.15, 0.2) is 6.20 Å². The third-order valence-electron chi connectivity index (χ3n) is 1.63. The number of aromatic nitrogens is 1. The van der Waals surface area contributed by atoms with Crippen LogP contribution in [0, 0.1) is 11.3 Å². The van der Waals surface area contributed by atoms with Gasteiger partial charge in [0.15, 0.2) is 0 Å². The molecule has 6 heteroatoms. The van der Waals surface area contributed by atoms with Gasteiger partial charge in [0.1, 0.15) is 11.2 Å². The topological polar surface area (TPSA) is 36.7 Å². The Morgan fingerprint density at radius 3 is 2.64 bits per heavy atom. The Labute approximate surface area is 89.1 Å². The van der Waals surface area contributed by atoms with Gasteiger partial charge in [-0.3, -0.25) is 0 Å². The van der Waals surface area contributed by atoms with Crippen molar-refractivity contribution in [2.45, 2.75) is 12.3 Å². The van der Waals surface area contributed by atoms with E-state index in [1.165, 1.54) is 0 Å². The summed E-state index contributed by atoms with van der Waals surface area (Å²) in [5.41, 5.74) is -0.607. The maximum atomic E-state index is 12.5. The molecule has 0 aliphatic rings. The minimum Gasteiger partial charge on any atom is -0.243 e. The molecule has 0 aromatic carbocycles. The third-order valence-corrected chi connectivity index (χ3v) is 2.20. The zero-order valence-electron chi connectivity index (χ0n) is 6.77. The van der Waals surface area contributed by atoms with Gasteiger partial charge in [0.2, 0.25) is 0 Å². The molecule has 1 heterocycles. The van der Waals surface area contributed by atoms with E-state index in [4.69, 9.17) is 28.5 Å². The average molecular weight is 237 g/mol. The molecule has 0 fully saturated rings. The number of halogens is 4. The van der Waals surface area contributed by atoms with Gasteiger partial charge in [-0.15, -0.1) is 11.6 Å². The number of pyridine rings is 1. The highest BCUT2D eigenvalue weighted by Crippen LogP contribution is 2.30. The predicted molar refractivity (Wildman–Crippen MR) is 48.5 cm³/mol. The quantitative estimate of drug-likeness (QED) is 0.584. The number of hydrogen-bond acceptors (Lipinski definition) is 2. The van der Waals surface area contributed by atoms with Crippen molar-refractivity contribution >= 4 is 23.2 Å². The first kappa shape index (κ1) is 11.2. The Morgan fingerprint density at radius 2 is 2.21 bits per heavy atom. The van der Waals surface area contributed by atoms with Gasteiger partial charge in [0.05, 0.1) is 5.56 Å². The van der Waals surface area contributed by atoms with Crippen molar-refractivity contribution < 1.29 is 8.78 Å². The summed E-state index contributed by atoms with van der Waals surface area (Å²) in [6, 6.07) is 1.59. The summed E-state index contributed by atoms with van der Waals surface area (Å²) in [5.74, 6) is -0.126.